The molecule has 0 aliphatic heterocycles. The Morgan fingerprint density at radius 1 is 0.871 bits per heavy atom. The Morgan fingerprint density at radius 3 is 2.32 bits per heavy atom. The molecule has 31 heavy (non-hydrogen) atoms. The number of carbonyl (C=O) groups is 3. The van der Waals surface area contributed by atoms with Crippen molar-refractivity contribution in [2.24, 2.45) is 0 Å². The molecule has 0 aromatic heterocycles. The number of nitrogens with one attached hydrogen (secondary N) is 2. The topological polar surface area (TPSA) is 75.3 Å². The van der Waals surface area contributed by atoms with E-state index in [0.717, 1.165) is 10.0 Å². The summed E-state index contributed by atoms with van der Waals surface area (Å²) in [4.78, 5) is 38.6. The maximum atomic E-state index is 13.1. The van der Waals surface area contributed by atoms with E-state index >= 15 is 0 Å². The van der Waals surface area contributed by atoms with Gasteiger partial charge in [0, 0.05) is 33.8 Å². The molecule has 1 aliphatic carbocycles. The van der Waals surface area contributed by atoms with Crippen LogP contribution in [0.3, 0.4) is 0 Å². The Kier molecular flexibility index (Phi) is 6.09. The van der Waals surface area contributed by atoms with E-state index in [1.807, 2.05) is 42.5 Å². The van der Waals surface area contributed by atoms with Gasteiger partial charge in [0.1, 0.15) is 6.04 Å². The second-order valence-electron chi connectivity index (χ2n) is 7.18. The molecule has 1 amide bonds. The molecule has 154 valence electrons. The van der Waals surface area contributed by atoms with E-state index in [4.69, 9.17) is 0 Å². The van der Waals surface area contributed by atoms with Gasteiger partial charge in [0.05, 0.1) is 5.70 Å². The minimum atomic E-state index is -0.755. The summed E-state index contributed by atoms with van der Waals surface area (Å²) in [5, 5.41) is 5.91. The number of amides is 1. The second-order valence-corrected chi connectivity index (χ2v) is 8.10. The highest BCUT2D eigenvalue weighted by Crippen LogP contribution is 2.21. The minimum Gasteiger partial charge on any atom is -0.370 e. The van der Waals surface area contributed by atoms with Gasteiger partial charge < -0.3 is 10.6 Å². The second kappa shape index (κ2) is 9.10. The molecule has 3 aromatic rings. The van der Waals surface area contributed by atoms with Crippen molar-refractivity contribution in [2.45, 2.75) is 12.5 Å². The Labute approximate surface area is 188 Å². The number of anilines is 1. The molecule has 0 fully saturated rings. The van der Waals surface area contributed by atoms with E-state index in [1.165, 1.54) is 6.08 Å². The van der Waals surface area contributed by atoms with Gasteiger partial charge in [-0.1, -0.05) is 76.6 Å². The van der Waals surface area contributed by atoms with Crippen molar-refractivity contribution in [3.8, 4) is 0 Å². The Morgan fingerprint density at radius 2 is 1.58 bits per heavy atom. The Bertz CT molecular complexity index is 1190. The highest BCUT2D eigenvalue weighted by Gasteiger charge is 2.29. The number of allylic oxidation sites excluding steroid dienone is 2. The fourth-order valence-corrected chi connectivity index (χ4v) is 3.86. The first-order valence-corrected chi connectivity index (χ1v) is 10.6. The number of rotatable bonds is 6. The lowest BCUT2D eigenvalue weighted by atomic mass is 9.92. The molecule has 3 aromatic carbocycles. The average Bonchev–Trinajstić information content (AvgIpc) is 2.77. The van der Waals surface area contributed by atoms with Crippen molar-refractivity contribution in [2.75, 3.05) is 5.32 Å². The highest BCUT2D eigenvalue weighted by molar-refractivity contribution is 9.10. The molecule has 2 N–H and O–H groups in total. The quantitative estimate of drug-likeness (QED) is 0.549. The van der Waals surface area contributed by atoms with Crippen molar-refractivity contribution >= 4 is 39.1 Å². The molecule has 1 aliphatic rings. The van der Waals surface area contributed by atoms with Gasteiger partial charge in [0.25, 0.3) is 0 Å². The van der Waals surface area contributed by atoms with Crippen LogP contribution in [-0.4, -0.2) is 23.5 Å². The van der Waals surface area contributed by atoms with E-state index in [9.17, 15) is 14.4 Å². The number of fused-ring (bicyclic) bond motifs is 1. The van der Waals surface area contributed by atoms with Crippen LogP contribution in [0.4, 0.5) is 5.69 Å². The molecule has 6 heteroatoms. The largest absolute Gasteiger partial charge is 0.370 e. The van der Waals surface area contributed by atoms with Crippen molar-refractivity contribution in [1.82, 2.24) is 5.32 Å². The van der Waals surface area contributed by atoms with Crippen LogP contribution in [0.5, 0.6) is 0 Å². The Balaban J connectivity index is 1.61. The summed E-state index contributed by atoms with van der Waals surface area (Å²) in [5.41, 5.74) is 2.39. The van der Waals surface area contributed by atoms with Gasteiger partial charge in [-0.3, -0.25) is 14.4 Å². The van der Waals surface area contributed by atoms with Gasteiger partial charge in [-0.05, 0) is 23.8 Å². The number of carbonyl (C=O) groups excluding carboxylic acids is 3. The molecule has 4 rings (SSSR count). The first kappa shape index (κ1) is 20.8. The number of benzene rings is 3. The fourth-order valence-electron chi connectivity index (χ4n) is 3.47. The lowest BCUT2D eigenvalue weighted by Crippen LogP contribution is -2.44. The first-order valence-electron chi connectivity index (χ1n) is 9.78. The summed E-state index contributed by atoms with van der Waals surface area (Å²) in [6, 6.07) is 22.7. The molecule has 0 saturated heterocycles. The zero-order chi connectivity index (χ0) is 21.8. The summed E-state index contributed by atoms with van der Waals surface area (Å²) in [5.74, 6) is -0.867. The fraction of sp³-hybridized carbons (Fsp3) is 0.0800. The molecule has 1 atom stereocenters. The third kappa shape index (κ3) is 4.81. The number of Topliss-reactive ketones (excluding diaryl/α,β-unsaturated/α-hetero) is 1. The minimum absolute atomic E-state index is 0.119. The SMILES string of the molecule is O=C1C=C(N[C@H](Cc2ccccc2)C(=O)Nc2cccc(Br)c2)C(=O)c2ccccc21. The van der Waals surface area contributed by atoms with Crippen LogP contribution in [0.15, 0.2) is 95.1 Å². The van der Waals surface area contributed by atoms with Gasteiger partial charge in [-0.25, -0.2) is 0 Å². The monoisotopic (exact) mass is 474 g/mol. The summed E-state index contributed by atoms with van der Waals surface area (Å²) < 4.78 is 0.838. The van der Waals surface area contributed by atoms with Crippen LogP contribution in [0.2, 0.25) is 0 Å². The summed E-state index contributed by atoms with van der Waals surface area (Å²) in [6.07, 6.45) is 1.62. The van der Waals surface area contributed by atoms with Crippen LogP contribution in [0, 0.1) is 0 Å². The first-order chi connectivity index (χ1) is 15.0. The maximum Gasteiger partial charge on any atom is 0.247 e. The third-order valence-corrected chi connectivity index (χ3v) is 5.47. The summed E-state index contributed by atoms with van der Waals surface area (Å²) in [7, 11) is 0. The predicted octanol–water partition coefficient (Wildman–Crippen LogP) is 4.55. The standard InChI is InChI=1S/C25H19BrN2O3/c26-17-9-6-10-18(14-17)27-25(31)22(13-16-7-2-1-3-8-16)28-21-15-23(29)19-11-4-5-12-20(19)24(21)30/h1-12,14-15,22,28H,13H2,(H,27,31)/t22-/m1/s1. The van der Waals surface area contributed by atoms with Crippen LogP contribution < -0.4 is 10.6 Å². The lowest BCUT2D eigenvalue weighted by molar-refractivity contribution is -0.117. The molecular formula is C25H19BrN2O3. The van der Waals surface area contributed by atoms with Crippen LogP contribution in [0.25, 0.3) is 0 Å². The van der Waals surface area contributed by atoms with Gasteiger partial charge in [0.15, 0.2) is 5.78 Å². The molecular weight excluding hydrogens is 456 g/mol. The van der Waals surface area contributed by atoms with Gasteiger partial charge in [-0.15, -0.1) is 0 Å². The molecule has 0 bridgehead atoms. The number of ketones is 2. The molecule has 0 heterocycles. The van der Waals surface area contributed by atoms with E-state index in [1.54, 1.807) is 36.4 Å². The van der Waals surface area contributed by atoms with Gasteiger partial charge in [-0.2, -0.15) is 0 Å². The maximum absolute atomic E-state index is 13.1. The average molecular weight is 475 g/mol. The van der Waals surface area contributed by atoms with Gasteiger partial charge >= 0.3 is 0 Å². The van der Waals surface area contributed by atoms with E-state index in [0.29, 0.717) is 23.2 Å². The van der Waals surface area contributed by atoms with E-state index < -0.39 is 6.04 Å². The Hall–Kier alpha value is -3.51. The van der Waals surface area contributed by atoms with Crippen molar-refractivity contribution in [1.29, 1.82) is 0 Å². The lowest BCUT2D eigenvalue weighted by Gasteiger charge is -2.23. The smallest absolute Gasteiger partial charge is 0.247 e. The van der Waals surface area contributed by atoms with E-state index in [2.05, 4.69) is 26.6 Å². The highest BCUT2D eigenvalue weighted by atomic mass is 79.9. The predicted molar refractivity (Wildman–Crippen MR) is 123 cm³/mol. The normalized spacial score (nSPS) is 13.8. The molecule has 0 unspecified atom stereocenters. The van der Waals surface area contributed by atoms with Crippen LogP contribution >= 0.6 is 15.9 Å². The van der Waals surface area contributed by atoms with Gasteiger partial charge in [0.2, 0.25) is 11.7 Å². The summed E-state index contributed by atoms with van der Waals surface area (Å²) in [6.45, 7) is 0. The number of halogens is 1. The van der Waals surface area contributed by atoms with Crippen molar-refractivity contribution in [3.05, 3.63) is 112 Å². The number of hydrogen-bond donors (Lipinski definition) is 2. The zero-order valence-electron chi connectivity index (χ0n) is 16.5. The molecule has 0 saturated carbocycles. The van der Waals surface area contributed by atoms with Crippen LogP contribution in [0.1, 0.15) is 26.3 Å². The molecule has 0 spiro atoms. The molecule has 5 nitrogen and oxygen atoms in total. The summed E-state index contributed by atoms with van der Waals surface area (Å²) >= 11 is 3.39. The number of hydrogen-bond acceptors (Lipinski definition) is 4. The van der Waals surface area contributed by atoms with Crippen molar-refractivity contribution < 1.29 is 14.4 Å². The van der Waals surface area contributed by atoms with Crippen LogP contribution in [-0.2, 0) is 11.2 Å². The zero-order valence-corrected chi connectivity index (χ0v) is 18.1. The van der Waals surface area contributed by atoms with Crippen molar-refractivity contribution in [3.63, 3.8) is 0 Å². The molecule has 0 radical (unpaired) electrons. The van der Waals surface area contributed by atoms with E-state index in [-0.39, 0.29) is 23.2 Å². The third-order valence-electron chi connectivity index (χ3n) is 4.98.